The second-order valence-electron chi connectivity index (χ2n) is 8.06. The zero-order valence-corrected chi connectivity index (χ0v) is 16.5. The SMILES string of the molecule is CC(=O)OC1CC2CCC(C1)N2C(=O)N1c2ccccc2C=Cc2ccccc21. The number of amides is 2. The monoisotopic (exact) mass is 388 g/mol. The minimum atomic E-state index is -0.240. The van der Waals surface area contributed by atoms with E-state index in [0.29, 0.717) is 0 Å². The number of para-hydroxylation sites is 2. The number of rotatable bonds is 1. The van der Waals surface area contributed by atoms with E-state index < -0.39 is 0 Å². The number of hydrogen-bond donors (Lipinski definition) is 0. The number of anilines is 2. The summed E-state index contributed by atoms with van der Waals surface area (Å²) in [5.74, 6) is -0.240. The summed E-state index contributed by atoms with van der Waals surface area (Å²) >= 11 is 0. The van der Waals surface area contributed by atoms with Crippen LogP contribution in [0.5, 0.6) is 0 Å². The summed E-state index contributed by atoms with van der Waals surface area (Å²) in [6.07, 6.45) is 7.42. The minimum Gasteiger partial charge on any atom is -0.462 e. The quantitative estimate of drug-likeness (QED) is 0.647. The highest BCUT2D eigenvalue weighted by Crippen LogP contribution is 2.42. The molecule has 3 heterocycles. The largest absolute Gasteiger partial charge is 0.462 e. The van der Waals surface area contributed by atoms with Crippen molar-refractivity contribution in [2.24, 2.45) is 0 Å². The van der Waals surface area contributed by atoms with Gasteiger partial charge in [0.2, 0.25) is 0 Å². The van der Waals surface area contributed by atoms with Crippen LogP contribution in [0.25, 0.3) is 12.2 Å². The van der Waals surface area contributed by atoms with Crippen LogP contribution >= 0.6 is 0 Å². The van der Waals surface area contributed by atoms with Gasteiger partial charge < -0.3 is 9.64 Å². The first-order valence-corrected chi connectivity index (χ1v) is 10.3. The molecule has 0 saturated carbocycles. The average molecular weight is 388 g/mol. The Kier molecular flexibility index (Phi) is 4.38. The molecule has 2 aromatic carbocycles. The Labute approximate surface area is 170 Å². The van der Waals surface area contributed by atoms with E-state index in [2.05, 4.69) is 12.2 Å². The number of esters is 1. The lowest BCUT2D eigenvalue weighted by Crippen LogP contribution is -2.53. The smallest absolute Gasteiger partial charge is 0.329 e. The lowest BCUT2D eigenvalue weighted by Gasteiger charge is -2.41. The highest BCUT2D eigenvalue weighted by atomic mass is 16.5. The summed E-state index contributed by atoms with van der Waals surface area (Å²) in [5, 5.41) is 0. The van der Waals surface area contributed by atoms with E-state index >= 15 is 0 Å². The fraction of sp³-hybridized carbons (Fsp3) is 0.333. The maximum absolute atomic E-state index is 13.9. The van der Waals surface area contributed by atoms with Gasteiger partial charge in [-0.2, -0.15) is 0 Å². The van der Waals surface area contributed by atoms with Crippen LogP contribution in [0, 0.1) is 0 Å². The van der Waals surface area contributed by atoms with Gasteiger partial charge in [-0.05, 0) is 36.1 Å². The van der Waals surface area contributed by atoms with Crippen molar-refractivity contribution in [3.05, 3.63) is 59.7 Å². The molecule has 0 aliphatic carbocycles. The van der Waals surface area contributed by atoms with E-state index in [-0.39, 0.29) is 30.2 Å². The van der Waals surface area contributed by atoms with Crippen LogP contribution in [0.4, 0.5) is 16.2 Å². The first kappa shape index (κ1) is 18.0. The van der Waals surface area contributed by atoms with Gasteiger partial charge in [0, 0.05) is 31.8 Å². The first-order valence-electron chi connectivity index (χ1n) is 10.3. The minimum absolute atomic E-state index is 0.0161. The molecular weight excluding hydrogens is 364 g/mol. The van der Waals surface area contributed by atoms with Crippen LogP contribution in [0.15, 0.2) is 48.5 Å². The first-order chi connectivity index (χ1) is 14.1. The molecule has 0 radical (unpaired) electrons. The van der Waals surface area contributed by atoms with Gasteiger partial charge in [0.15, 0.2) is 0 Å². The topological polar surface area (TPSA) is 49.9 Å². The van der Waals surface area contributed by atoms with Gasteiger partial charge in [0.05, 0.1) is 11.4 Å². The van der Waals surface area contributed by atoms with Crippen molar-refractivity contribution in [2.45, 2.75) is 50.8 Å². The molecule has 0 spiro atoms. The highest BCUT2D eigenvalue weighted by Gasteiger charge is 2.46. The second-order valence-corrected chi connectivity index (χ2v) is 8.06. The summed E-state index contributed by atoms with van der Waals surface area (Å²) in [7, 11) is 0. The van der Waals surface area contributed by atoms with E-state index in [1.807, 2.05) is 58.3 Å². The number of hydrogen-bond acceptors (Lipinski definition) is 3. The molecule has 148 valence electrons. The summed E-state index contributed by atoms with van der Waals surface area (Å²) in [4.78, 5) is 29.2. The Hall–Kier alpha value is -3.08. The average Bonchev–Trinajstić information content (AvgIpc) is 2.88. The third kappa shape index (κ3) is 3.11. The Morgan fingerprint density at radius 1 is 0.862 bits per heavy atom. The van der Waals surface area contributed by atoms with E-state index in [9.17, 15) is 9.59 Å². The van der Waals surface area contributed by atoms with E-state index in [1.165, 1.54) is 6.92 Å². The Morgan fingerprint density at radius 3 is 1.90 bits per heavy atom. The number of ether oxygens (including phenoxy) is 1. The molecule has 2 saturated heterocycles. The molecule has 2 aromatic rings. The summed E-state index contributed by atoms with van der Waals surface area (Å²) in [6.45, 7) is 1.46. The molecule has 2 atom stereocenters. The molecule has 5 rings (SSSR count). The summed E-state index contributed by atoms with van der Waals surface area (Å²) in [6, 6.07) is 16.3. The molecule has 5 nitrogen and oxygen atoms in total. The molecule has 0 N–H and O–H groups in total. The van der Waals surface area contributed by atoms with Gasteiger partial charge in [-0.3, -0.25) is 9.69 Å². The van der Waals surface area contributed by atoms with Gasteiger partial charge in [-0.1, -0.05) is 48.6 Å². The Balaban J connectivity index is 1.52. The van der Waals surface area contributed by atoms with Crippen LogP contribution in [0.1, 0.15) is 43.7 Å². The maximum Gasteiger partial charge on any atom is 0.329 e. The Bertz CT molecular complexity index is 936. The lowest BCUT2D eigenvalue weighted by atomic mass is 10.00. The van der Waals surface area contributed by atoms with Crippen molar-refractivity contribution in [1.29, 1.82) is 0 Å². The van der Waals surface area contributed by atoms with Gasteiger partial charge in [0.25, 0.3) is 0 Å². The van der Waals surface area contributed by atoms with Crippen molar-refractivity contribution in [3.8, 4) is 0 Å². The summed E-state index contributed by atoms with van der Waals surface area (Å²) < 4.78 is 5.48. The molecule has 5 heteroatoms. The number of carbonyl (C=O) groups excluding carboxylic acids is 2. The molecule has 2 bridgehead atoms. The fourth-order valence-corrected chi connectivity index (χ4v) is 5.07. The molecular formula is C24H24N2O3. The predicted molar refractivity (Wildman–Crippen MR) is 113 cm³/mol. The normalized spacial score (nSPS) is 24.5. The van der Waals surface area contributed by atoms with Gasteiger partial charge in [0.1, 0.15) is 6.10 Å². The standard InChI is InChI=1S/C24H24N2O3/c1-16(27)29-21-14-19-12-13-20(15-21)25(19)24(28)26-22-8-4-2-6-17(22)10-11-18-7-3-5-9-23(18)26/h2-11,19-21H,12-15H2,1H3. The van der Waals surface area contributed by atoms with Crippen molar-refractivity contribution in [2.75, 3.05) is 4.90 Å². The number of fused-ring (bicyclic) bond motifs is 4. The fourth-order valence-electron chi connectivity index (χ4n) is 5.07. The number of urea groups is 1. The maximum atomic E-state index is 13.9. The number of nitrogens with zero attached hydrogens (tertiary/aromatic N) is 2. The molecule has 3 aliphatic heterocycles. The zero-order chi connectivity index (χ0) is 20.0. The second kappa shape index (κ2) is 7.07. The third-order valence-corrected chi connectivity index (χ3v) is 6.23. The molecule has 0 aromatic heterocycles. The molecule has 3 aliphatic rings. The Morgan fingerprint density at radius 2 is 1.38 bits per heavy atom. The summed E-state index contributed by atoms with van der Waals surface area (Å²) in [5.41, 5.74) is 3.86. The lowest BCUT2D eigenvalue weighted by molar-refractivity contribution is -0.149. The van der Waals surface area contributed by atoms with Crippen molar-refractivity contribution >= 4 is 35.5 Å². The van der Waals surface area contributed by atoms with Crippen LogP contribution < -0.4 is 4.90 Å². The van der Waals surface area contributed by atoms with Crippen LogP contribution in [-0.2, 0) is 9.53 Å². The van der Waals surface area contributed by atoms with E-state index in [0.717, 1.165) is 48.2 Å². The van der Waals surface area contributed by atoms with E-state index in [1.54, 1.807) is 0 Å². The van der Waals surface area contributed by atoms with E-state index in [4.69, 9.17) is 4.74 Å². The number of carbonyl (C=O) groups is 2. The third-order valence-electron chi connectivity index (χ3n) is 6.23. The number of piperidine rings is 1. The van der Waals surface area contributed by atoms with Crippen molar-refractivity contribution in [3.63, 3.8) is 0 Å². The molecule has 2 amide bonds. The molecule has 2 unspecified atom stereocenters. The molecule has 29 heavy (non-hydrogen) atoms. The van der Waals surface area contributed by atoms with Gasteiger partial charge >= 0.3 is 12.0 Å². The highest BCUT2D eigenvalue weighted by molar-refractivity contribution is 6.05. The van der Waals surface area contributed by atoms with Crippen LogP contribution in [-0.4, -0.2) is 35.1 Å². The zero-order valence-electron chi connectivity index (χ0n) is 16.5. The van der Waals surface area contributed by atoms with Crippen molar-refractivity contribution < 1.29 is 14.3 Å². The van der Waals surface area contributed by atoms with Crippen LogP contribution in [0.3, 0.4) is 0 Å². The number of benzene rings is 2. The molecule has 2 fully saturated rings. The van der Waals surface area contributed by atoms with Gasteiger partial charge in [-0.25, -0.2) is 4.79 Å². The van der Waals surface area contributed by atoms with Crippen LogP contribution in [0.2, 0.25) is 0 Å². The van der Waals surface area contributed by atoms with Crippen molar-refractivity contribution in [1.82, 2.24) is 4.90 Å². The predicted octanol–water partition coefficient (Wildman–Crippen LogP) is 4.99. The van der Waals surface area contributed by atoms with Gasteiger partial charge in [-0.15, -0.1) is 0 Å².